The van der Waals surface area contributed by atoms with E-state index in [2.05, 4.69) is 49.3 Å². The van der Waals surface area contributed by atoms with Gasteiger partial charge in [-0.3, -0.25) is 0 Å². The number of hydrogen-bond donors (Lipinski definition) is 1. The van der Waals surface area contributed by atoms with E-state index in [1.807, 2.05) is 24.3 Å². The summed E-state index contributed by atoms with van der Waals surface area (Å²) in [6.07, 6.45) is 2.88. The van der Waals surface area contributed by atoms with Gasteiger partial charge in [-0.05, 0) is 38.4 Å². The van der Waals surface area contributed by atoms with Gasteiger partial charge in [0.1, 0.15) is 6.10 Å². The Labute approximate surface area is 127 Å². The number of ether oxygens (including phenoxy) is 1. The van der Waals surface area contributed by atoms with Gasteiger partial charge in [-0.1, -0.05) is 43.3 Å². The molecule has 0 amide bonds. The van der Waals surface area contributed by atoms with Gasteiger partial charge in [0.15, 0.2) is 0 Å². The van der Waals surface area contributed by atoms with Crippen LogP contribution in [-0.2, 0) is 0 Å². The lowest BCUT2D eigenvalue weighted by atomic mass is 10.1. The molecule has 21 heavy (non-hydrogen) atoms. The SMILES string of the molecule is CCCNC(C)c1cccnc1OC(C)c1ccccc1. The van der Waals surface area contributed by atoms with Crippen LogP contribution in [0.1, 0.15) is 50.5 Å². The number of nitrogens with one attached hydrogen (secondary N) is 1. The lowest BCUT2D eigenvalue weighted by Gasteiger charge is -2.20. The van der Waals surface area contributed by atoms with Gasteiger partial charge in [-0.25, -0.2) is 4.98 Å². The van der Waals surface area contributed by atoms with Crippen LogP contribution in [0.5, 0.6) is 5.88 Å². The van der Waals surface area contributed by atoms with E-state index in [0.717, 1.165) is 24.1 Å². The van der Waals surface area contributed by atoms with Crippen molar-refractivity contribution in [1.82, 2.24) is 10.3 Å². The zero-order valence-electron chi connectivity index (χ0n) is 13.0. The molecular formula is C18H24N2O. The van der Waals surface area contributed by atoms with Gasteiger partial charge >= 0.3 is 0 Å². The molecule has 2 rings (SSSR count). The predicted octanol–water partition coefficient (Wildman–Crippen LogP) is 4.28. The molecule has 1 aromatic heterocycles. The van der Waals surface area contributed by atoms with Crippen molar-refractivity contribution in [3.63, 3.8) is 0 Å². The molecule has 2 atom stereocenters. The molecule has 0 spiro atoms. The van der Waals surface area contributed by atoms with Crippen LogP contribution in [0.3, 0.4) is 0 Å². The van der Waals surface area contributed by atoms with Crippen LogP contribution in [0.15, 0.2) is 48.7 Å². The fourth-order valence-electron chi connectivity index (χ4n) is 2.26. The van der Waals surface area contributed by atoms with Crippen LogP contribution in [0.2, 0.25) is 0 Å². The molecule has 1 heterocycles. The van der Waals surface area contributed by atoms with E-state index in [1.165, 1.54) is 0 Å². The van der Waals surface area contributed by atoms with E-state index >= 15 is 0 Å². The molecule has 0 saturated carbocycles. The van der Waals surface area contributed by atoms with Crippen LogP contribution in [0.25, 0.3) is 0 Å². The molecule has 112 valence electrons. The summed E-state index contributed by atoms with van der Waals surface area (Å²) in [5.74, 6) is 0.713. The van der Waals surface area contributed by atoms with E-state index in [4.69, 9.17) is 4.74 Å². The van der Waals surface area contributed by atoms with Gasteiger partial charge in [-0.2, -0.15) is 0 Å². The Morgan fingerprint density at radius 3 is 2.57 bits per heavy atom. The molecule has 0 aliphatic carbocycles. The third kappa shape index (κ3) is 4.30. The quantitative estimate of drug-likeness (QED) is 0.824. The van der Waals surface area contributed by atoms with E-state index in [-0.39, 0.29) is 12.1 Å². The minimum Gasteiger partial charge on any atom is -0.470 e. The van der Waals surface area contributed by atoms with Crippen LogP contribution in [0.4, 0.5) is 0 Å². The van der Waals surface area contributed by atoms with E-state index in [0.29, 0.717) is 5.88 Å². The topological polar surface area (TPSA) is 34.2 Å². The van der Waals surface area contributed by atoms with Gasteiger partial charge in [0, 0.05) is 17.8 Å². The van der Waals surface area contributed by atoms with Crippen molar-refractivity contribution in [3.8, 4) is 5.88 Å². The Bertz CT molecular complexity index is 542. The van der Waals surface area contributed by atoms with E-state index < -0.39 is 0 Å². The highest BCUT2D eigenvalue weighted by atomic mass is 16.5. The van der Waals surface area contributed by atoms with Crippen LogP contribution in [0, 0.1) is 0 Å². The first-order chi connectivity index (χ1) is 10.2. The summed E-state index contributed by atoms with van der Waals surface area (Å²) >= 11 is 0. The number of benzene rings is 1. The minimum atomic E-state index is -0.0155. The number of rotatable bonds is 7. The van der Waals surface area contributed by atoms with Gasteiger partial charge in [0.05, 0.1) is 0 Å². The second-order valence-electron chi connectivity index (χ2n) is 5.24. The summed E-state index contributed by atoms with van der Waals surface area (Å²) in [6, 6.07) is 14.5. The van der Waals surface area contributed by atoms with Crippen molar-refractivity contribution in [1.29, 1.82) is 0 Å². The molecule has 0 radical (unpaired) electrons. The summed E-state index contributed by atoms with van der Waals surface area (Å²) < 4.78 is 6.08. The van der Waals surface area contributed by atoms with E-state index in [9.17, 15) is 0 Å². The Balaban J connectivity index is 2.13. The molecule has 0 fully saturated rings. The smallest absolute Gasteiger partial charge is 0.218 e. The average Bonchev–Trinajstić information content (AvgIpc) is 2.54. The molecule has 3 heteroatoms. The van der Waals surface area contributed by atoms with Gasteiger partial charge in [-0.15, -0.1) is 0 Å². The largest absolute Gasteiger partial charge is 0.470 e. The second kappa shape index (κ2) is 7.79. The second-order valence-corrected chi connectivity index (χ2v) is 5.24. The van der Waals surface area contributed by atoms with Gasteiger partial charge in [0.25, 0.3) is 0 Å². The zero-order valence-corrected chi connectivity index (χ0v) is 13.0. The first kappa shape index (κ1) is 15.5. The Morgan fingerprint density at radius 2 is 1.86 bits per heavy atom. The fourth-order valence-corrected chi connectivity index (χ4v) is 2.26. The standard InChI is InChI=1S/C18H24N2O/c1-4-12-19-14(2)17-11-8-13-20-18(17)21-15(3)16-9-6-5-7-10-16/h5-11,13-15,19H,4,12H2,1-3H3. The van der Waals surface area contributed by atoms with Crippen LogP contribution in [-0.4, -0.2) is 11.5 Å². The summed E-state index contributed by atoms with van der Waals surface area (Å²) in [5, 5.41) is 3.48. The molecule has 1 N–H and O–H groups in total. The minimum absolute atomic E-state index is 0.0155. The molecule has 0 bridgehead atoms. The Morgan fingerprint density at radius 1 is 1.10 bits per heavy atom. The highest BCUT2D eigenvalue weighted by molar-refractivity contribution is 5.29. The van der Waals surface area contributed by atoms with Crippen molar-refractivity contribution in [2.45, 2.75) is 39.3 Å². The number of hydrogen-bond acceptors (Lipinski definition) is 3. The van der Waals surface area contributed by atoms with Gasteiger partial charge in [0.2, 0.25) is 5.88 Å². The van der Waals surface area contributed by atoms with Crippen LogP contribution < -0.4 is 10.1 Å². The summed E-state index contributed by atoms with van der Waals surface area (Å²) in [5.41, 5.74) is 2.26. The molecule has 1 aromatic carbocycles. The fraction of sp³-hybridized carbons (Fsp3) is 0.389. The summed E-state index contributed by atoms with van der Waals surface area (Å²) in [6.45, 7) is 7.35. The van der Waals surface area contributed by atoms with Gasteiger partial charge < -0.3 is 10.1 Å². The predicted molar refractivity (Wildman–Crippen MR) is 86.4 cm³/mol. The van der Waals surface area contributed by atoms with Crippen molar-refractivity contribution < 1.29 is 4.74 Å². The van der Waals surface area contributed by atoms with Crippen molar-refractivity contribution in [2.24, 2.45) is 0 Å². The zero-order chi connectivity index (χ0) is 15.1. The molecule has 2 unspecified atom stereocenters. The van der Waals surface area contributed by atoms with Crippen molar-refractivity contribution >= 4 is 0 Å². The maximum Gasteiger partial charge on any atom is 0.218 e. The van der Waals surface area contributed by atoms with Crippen molar-refractivity contribution in [3.05, 3.63) is 59.8 Å². The lowest BCUT2D eigenvalue weighted by Crippen LogP contribution is -2.20. The highest BCUT2D eigenvalue weighted by Gasteiger charge is 2.15. The van der Waals surface area contributed by atoms with Crippen LogP contribution >= 0.6 is 0 Å². The Hall–Kier alpha value is -1.87. The van der Waals surface area contributed by atoms with E-state index in [1.54, 1.807) is 6.20 Å². The summed E-state index contributed by atoms with van der Waals surface area (Å²) in [4.78, 5) is 4.41. The maximum absolute atomic E-state index is 6.08. The highest BCUT2D eigenvalue weighted by Crippen LogP contribution is 2.27. The number of nitrogens with zero attached hydrogens (tertiary/aromatic N) is 1. The molecular weight excluding hydrogens is 260 g/mol. The third-order valence-electron chi connectivity index (χ3n) is 3.53. The Kier molecular flexibility index (Phi) is 5.76. The maximum atomic E-state index is 6.08. The molecule has 0 saturated heterocycles. The monoisotopic (exact) mass is 284 g/mol. The molecule has 0 aliphatic rings. The number of pyridine rings is 1. The molecule has 3 nitrogen and oxygen atoms in total. The normalized spacial score (nSPS) is 13.7. The average molecular weight is 284 g/mol. The number of aromatic nitrogens is 1. The summed E-state index contributed by atoms with van der Waals surface area (Å²) in [7, 11) is 0. The first-order valence-corrected chi connectivity index (χ1v) is 7.62. The lowest BCUT2D eigenvalue weighted by molar-refractivity contribution is 0.213. The first-order valence-electron chi connectivity index (χ1n) is 7.62. The van der Waals surface area contributed by atoms with Crippen molar-refractivity contribution in [2.75, 3.05) is 6.54 Å². The molecule has 2 aromatic rings. The molecule has 0 aliphatic heterocycles. The third-order valence-corrected chi connectivity index (χ3v) is 3.53.